The standard InChI is InChI=1S/C13H23N3O/c1-4-10-5-6-11(7-10)12-15-13(17-16-12)14-8-9(2)3/h9-11H,4-8H2,1-3H3,(H,14,15,16). The van der Waals surface area contributed by atoms with Crippen LogP contribution in [0.4, 0.5) is 6.01 Å². The number of hydrogen-bond acceptors (Lipinski definition) is 4. The molecule has 2 atom stereocenters. The molecular weight excluding hydrogens is 214 g/mol. The lowest BCUT2D eigenvalue weighted by Gasteiger charge is -2.05. The Labute approximate surface area is 103 Å². The first kappa shape index (κ1) is 12.4. The monoisotopic (exact) mass is 237 g/mol. The lowest BCUT2D eigenvalue weighted by Crippen LogP contribution is -2.08. The summed E-state index contributed by atoms with van der Waals surface area (Å²) in [5, 5.41) is 7.27. The summed E-state index contributed by atoms with van der Waals surface area (Å²) in [7, 11) is 0. The average molecular weight is 237 g/mol. The van der Waals surface area contributed by atoms with Crippen molar-refractivity contribution in [2.75, 3.05) is 11.9 Å². The molecule has 1 aromatic rings. The van der Waals surface area contributed by atoms with E-state index >= 15 is 0 Å². The molecule has 0 aromatic carbocycles. The van der Waals surface area contributed by atoms with Crippen molar-refractivity contribution >= 4 is 6.01 Å². The van der Waals surface area contributed by atoms with Gasteiger partial charge in [0, 0.05) is 12.5 Å². The van der Waals surface area contributed by atoms with Gasteiger partial charge in [-0.25, -0.2) is 0 Å². The van der Waals surface area contributed by atoms with Crippen LogP contribution in [0.2, 0.25) is 0 Å². The zero-order valence-corrected chi connectivity index (χ0v) is 11.1. The van der Waals surface area contributed by atoms with Crippen LogP contribution < -0.4 is 5.32 Å². The lowest BCUT2D eigenvalue weighted by molar-refractivity contribution is 0.412. The van der Waals surface area contributed by atoms with Crippen molar-refractivity contribution in [2.24, 2.45) is 11.8 Å². The van der Waals surface area contributed by atoms with Gasteiger partial charge in [0.05, 0.1) is 0 Å². The van der Waals surface area contributed by atoms with Gasteiger partial charge in [-0.05, 0) is 31.1 Å². The summed E-state index contributed by atoms with van der Waals surface area (Å²) in [6.45, 7) is 7.46. The maximum absolute atomic E-state index is 5.22. The quantitative estimate of drug-likeness (QED) is 0.852. The zero-order valence-electron chi connectivity index (χ0n) is 11.1. The summed E-state index contributed by atoms with van der Waals surface area (Å²) < 4.78 is 5.22. The number of anilines is 1. The molecule has 1 aromatic heterocycles. The topological polar surface area (TPSA) is 51.0 Å². The molecule has 0 radical (unpaired) electrons. The Morgan fingerprint density at radius 3 is 2.88 bits per heavy atom. The number of hydrogen-bond donors (Lipinski definition) is 1. The molecule has 17 heavy (non-hydrogen) atoms. The molecule has 4 heteroatoms. The van der Waals surface area contributed by atoms with Crippen molar-refractivity contribution in [1.29, 1.82) is 0 Å². The Morgan fingerprint density at radius 1 is 1.41 bits per heavy atom. The van der Waals surface area contributed by atoms with Gasteiger partial charge < -0.3 is 9.84 Å². The maximum atomic E-state index is 5.22. The minimum absolute atomic E-state index is 0.512. The average Bonchev–Trinajstić information content (AvgIpc) is 2.94. The van der Waals surface area contributed by atoms with E-state index in [1.165, 1.54) is 25.7 Å². The van der Waals surface area contributed by atoms with Crippen molar-refractivity contribution < 1.29 is 4.52 Å². The Balaban J connectivity index is 1.90. The van der Waals surface area contributed by atoms with E-state index in [2.05, 4.69) is 36.2 Å². The normalized spacial score (nSPS) is 24.5. The van der Waals surface area contributed by atoms with Crippen molar-refractivity contribution in [3.8, 4) is 0 Å². The minimum atomic E-state index is 0.512. The largest absolute Gasteiger partial charge is 0.338 e. The molecule has 0 saturated heterocycles. The third kappa shape index (κ3) is 3.20. The van der Waals surface area contributed by atoms with Crippen LogP contribution in [0.1, 0.15) is 58.2 Å². The van der Waals surface area contributed by atoms with Crippen LogP contribution in [0.3, 0.4) is 0 Å². The molecule has 96 valence electrons. The first-order valence-corrected chi connectivity index (χ1v) is 6.76. The highest BCUT2D eigenvalue weighted by Gasteiger charge is 2.28. The molecule has 1 aliphatic carbocycles. The number of nitrogens with one attached hydrogen (secondary N) is 1. The summed E-state index contributed by atoms with van der Waals surface area (Å²) in [5.41, 5.74) is 0. The predicted octanol–water partition coefficient (Wildman–Crippen LogP) is 3.43. The Kier molecular flexibility index (Phi) is 4.02. The number of rotatable bonds is 5. The molecule has 2 rings (SSSR count). The van der Waals surface area contributed by atoms with Crippen LogP contribution in [-0.2, 0) is 0 Å². The third-order valence-electron chi connectivity index (χ3n) is 3.59. The van der Waals surface area contributed by atoms with E-state index < -0.39 is 0 Å². The van der Waals surface area contributed by atoms with E-state index in [1.807, 2.05) is 0 Å². The molecule has 0 bridgehead atoms. The highest BCUT2D eigenvalue weighted by atomic mass is 16.5. The minimum Gasteiger partial charge on any atom is -0.338 e. The van der Waals surface area contributed by atoms with Gasteiger partial charge in [0.25, 0.3) is 0 Å². The highest BCUT2D eigenvalue weighted by Crippen LogP contribution is 2.38. The molecule has 0 aliphatic heterocycles. The van der Waals surface area contributed by atoms with E-state index in [1.54, 1.807) is 0 Å². The second-order valence-corrected chi connectivity index (χ2v) is 5.52. The van der Waals surface area contributed by atoms with Crippen molar-refractivity contribution in [2.45, 2.75) is 52.4 Å². The Bertz CT molecular complexity index is 348. The Morgan fingerprint density at radius 2 is 2.24 bits per heavy atom. The molecule has 1 heterocycles. The van der Waals surface area contributed by atoms with Gasteiger partial charge in [-0.15, -0.1) is 0 Å². The molecule has 0 amide bonds. The first-order chi connectivity index (χ1) is 8.19. The lowest BCUT2D eigenvalue weighted by atomic mass is 10.0. The van der Waals surface area contributed by atoms with Crippen molar-refractivity contribution in [1.82, 2.24) is 10.1 Å². The van der Waals surface area contributed by atoms with Gasteiger partial charge in [0.15, 0.2) is 5.82 Å². The van der Waals surface area contributed by atoms with Gasteiger partial charge in [-0.3, -0.25) is 0 Å². The molecule has 2 unspecified atom stereocenters. The van der Waals surface area contributed by atoms with Gasteiger partial charge in [-0.1, -0.05) is 32.3 Å². The molecule has 1 fully saturated rings. The molecule has 1 saturated carbocycles. The Hall–Kier alpha value is -1.06. The van der Waals surface area contributed by atoms with E-state index in [0.29, 0.717) is 17.9 Å². The molecule has 0 spiro atoms. The maximum Gasteiger partial charge on any atom is 0.321 e. The van der Waals surface area contributed by atoms with Gasteiger partial charge in [0.2, 0.25) is 0 Å². The first-order valence-electron chi connectivity index (χ1n) is 6.76. The van der Waals surface area contributed by atoms with Crippen LogP contribution in [0.5, 0.6) is 0 Å². The van der Waals surface area contributed by atoms with E-state index in [9.17, 15) is 0 Å². The smallest absolute Gasteiger partial charge is 0.321 e. The highest BCUT2D eigenvalue weighted by molar-refractivity contribution is 5.19. The fourth-order valence-electron chi connectivity index (χ4n) is 2.44. The summed E-state index contributed by atoms with van der Waals surface area (Å²) in [4.78, 5) is 4.44. The van der Waals surface area contributed by atoms with Crippen LogP contribution in [0.15, 0.2) is 4.52 Å². The summed E-state index contributed by atoms with van der Waals surface area (Å²) in [6.07, 6.45) is 5.01. The van der Waals surface area contributed by atoms with Gasteiger partial charge >= 0.3 is 6.01 Å². The van der Waals surface area contributed by atoms with Crippen LogP contribution >= 0.6 is 0 Å². The molecule has 1 aliphatic rings. The van der Waals surface area contributed by atoms with E-state index in [0.717, 1.165) is 18.3 Å². The summed E-state index contributed by atoms with van der Waals surface area (Å²) in [5.74, 6) is 2.84. The van der Waals surface area contributed by atoms with E-state index in [-0.39, 0.29) is 0 Å². The molecular formula is C13H23N3O. The molecule has 4 nitrogen and oxygen atoms in total. The second-order valence-electron chi connectivity index (χ2n) is 5.52. The summed E-state index contributed by atoms with van der Waals surface area (Å²) in [6, 6.07) is 0.577. The SMILES string of the molecule is CCC1CCC(c2noc(NCC(C)C)n2)C1. The molecule has 1 N–H and O–H groups in total. The summed E-state index contributed by atoms with van der Waals surface area (Å²) >= 11 is 0. The zero-order chi connectivity index (χ0) is 12.3. The van der Waals surface area contributed by atoms with Crippen LogP contribution in [0.25, 0.3) is 0 Å². The predicted molar refractivity (Wildman–Crippen MR) is 68.0 cm³/mol. The fourth-order valence-corrected chi connectivity index (χ4v) is 2.44. The second kappa shape index (κ2) is 5.52. The number of aromatic nitrogens is 2. The van der Waals surface area contributed by atoms with Crippen molar-refractivity contribution in [3.63, 3.8) is 0 Å². The van der Waals surface area contributed by atoms with Crippen LogP contribution in [0, 0.1) is 11.8 Å². The van der Waals surface area contributed by atoms with Crippen LogP contribution in [-0.4, -0.2) is 16.7 Å². The fraction of sp³-hybridized carbons (Fsp3) is 0.846. The third-order valence-corrected chi connectivity index (χ3v) is 3.59. The van der Waals surface area contributed by atoms with Gasteiger partial charge in [0.1, 0.15) is 0 Å². The number of nitrogens with zero attached hydrogens (tertiary/aromatic N) is 2. The van der Waals surface area contributed by atoms with Crippen molar-refractivity contribution in [3.05, 3.63) is 5.82 Å². The van der Waals surface area contributed by atoms with Gasteiger partial charge in [-0.2, -0.15) is 4.98 Å². The van der Waals surface area contributed by atoms with E-state index in [4.69, 9.17) is 4.52 Å².